The summed E-state index contributed by atoms with van der Waals surface area (Å²) >= 11 is 0. The SMILES string of the molecule is CC(C)(C)OC(=O)N1CC[C@]2(C(=O)O)CN(C(=O)OC(C)(C)C)C[C@@H]2C1. The van der Waals surface area contributed by atoms with E-state index in [1.807, 2.05) is 0 Å². The van der Waals surface area contributed by atoms with Gasteiger partial charge in [-0.15, -0.1) is 0 Å². The first kappa shape index (κ1) is 20.3. The Hall–Kier alpha value is -1.99. The van der Waals surface area contributed by atoms with Gasteiger partial charge >= 0.3 is 18.2 Å². The maximum Gasteiger partial charge on any atom is 0.410 e. The van der Waals surface area contributed by atoms with Crippen molar-refractivity contribution in [1.82, 2.24) is 9.80 Å². The number of rotatable bonds is 1. The number of hydrogen-bond donors (Lipinski definition) is 1. The van der Waals surface area contributed by atoms with Crippen LogP contribution in [0.4, 0.5) is 9.59 Å². The van der Waals surface area contributed by atoms with E-state index in [0.717, 1.165) is 0 Å². The third-order valence-electron chi connectivity index (χ3n) is 4.69. The molecule has 8 heteroatoms. The highest BCUT2D eigenvalue weighted by Crippen LogP contribution is 2.43. The Morgan fingerprint density at radius 2 is 1.38 bits per heavy atom. The maximum atomic E-state index is 12.4. The molecule has 2 heterocycles. The van der Waals surface area contributed by atoms with Crippen molar-refractivity contribution in [2.45, 2.75) is 59.2 Å². The molecule has 0 radical (unpaired) electrons. The van der Waals surface area contributed by atoms with E-state index in [1.54, 1.807) is 41.5 Å². The predicted molar refractivity (Wildman–Crippen MR) is 93.8 cm³/mol. The first-order valence-corrected chi connectivity index (χ1v) is 8.93. The highest BCUT2D eigenvalue weighted by molar-refractivity contribution is 5.79. The number of piperidine rings is 1. The van der Waals surface area contributed by atoms with Crippen LogP contribution in [0, 0.1) is 11.3 Å². The Labute approximate surface area is 154 Å². The molecular weight excluding hydrogens is 340 g/mol. The molecule has 2 saturated heterocycles. The van der Waals surface area contributed by atoms with Crippen molar-refractivity contribution in [2.24, 2.45) is 11.3 Å². The van der Waals surface area contributed by atoms with Crippen LogP contribution in [0.15, 0.2) is 0 Å². The summed E-state index contributed by atoms with van der Waals surface area (Å²) in [7, 11) is 0. The zero-order chi connectivity index (χ0) is 19.9. The van der Waals surface area contributed by atoms with Crippen LogP contribution in [0.25, 0.3) is 0 Å². The quantitative estimate of drug-likeness (QED) is 0.762. The van der Waals surface area contributed by atoms with Gasteiger partial charge in [-0.2, -0.15) is 0 Å². The summed E-state index contributed by atoms with van der Waals surface area (Å²) in [4.78, 5) is 39.7. The van der Waals surface area contributed by atoms with E-state index in [9.17, 15) is 19.5 Å². The molecule has 2 aliphatic heterocycles. The van der Waals surface area contributed by atoms with Crippen molar-refractivity contribution in [2.75, 3.05) is 26.2 Å². The molecule has 2 rings (SSSR count). The summed E-state index contributed by atoms with van der Waals surface area (Å²) < 4.78 is 10.8. The molecule has 148 valence electrons. The molecule has 2 fully saturated rings. The lowest BCUT2D eigenvalue weighted by Crippen LogP contribution is -2.53. The average molecular weight is 370 g/mol. The van der Waals surface area contributed by atoms with E-state index in [-0.39, 0.29) is 32.0 Å². The molecule has 0 unspecified atom stereocenters. The molecule has 0 aliphatic carbocycles. The van der Waals surface area contributed by atoms with E-state index in [4.69, 9.17) is 9.47 Å². The number of carboxylic acids is 1. The molecule has 0 saturated carbocycles. The second-order valence-corrected chi connectivity index (χ2v) is 9.20. The van der Waals surface area contributed by atoms with Crippen molar-refractivity contribution in [3.8, 4) is 0 Å². The standard InChI is InChI=1S/C18H30N2O6/c1-16(2,3)25-14(23)19-8-7-18(13(21)22)11-20(10-12(18)9-19)15(24)26-17(4,5)6/h12H,7-11H2,1-6H3,(H,21,22)/t12-,18-/m0/s1. The Bertz CT molecular complexity index is 591. The number of carbonyl (C=O) groups is 3. The number of carbonyl (C=O) groups excluding carboxylic acids is 2. The largest absolute Gasteiger partial charge is 0.481 e. The normalized spacial score (nSPS) is 26.3. The lowest BCUT2D eigenvalue weighted by atomic mass is 9.72. The van der Waals surface area contributed by atoms with Crippen LogP contribution in [0.2, 0.25) is 0 Å². The molecule has 26 heavy (non-hydrogen) atoms. The van der Waals surface area contributed by atoms with Crippen LogP contribution in [0.5, 0.6) is 0 Å². The van der Waals surface area contributed by atoms with Crippen LogP contribution in [-0.4, -0.2) is 70.4 Å². The number of hydrogen-bond acceptors (Lipinski definition) is 5. The second-order valence-electron chi connectivity index (χ2n) is 9.20. The maximum absolute atomic E-state index is 12.4. The molecule has 8 nitrogen and oxygen atoms in total. The smallest absolute Gasteiger partial charge is 0.410 e. The van der Waals surface area contributed by atoms with Crippen molar-refractivity contribution in [3.05, 3.63) is 0 Å². The summed E-state index contributed by atoms with van der Waals surface area (Å²) in [6.07, 6.45) is -0.686. The Balaban J connectivity index is 2.13. The monoisotopic (exact) mass is 370 g/mol. The zero-order valence-electron chi connectivity index (χ0n) is 16.5. The molecule has 0 spiro atoms. The van der Waals surface area contributed by atoms with Crippen LogP contribution < -0.4 is 0 Å². The van der Waals surface area contributed by atoms with Gasteiger partial charge < -0.3 is 24.4 Å². The van der Waals surface area contributed by atoms with Gasteiger partial charge in [0.15, 0.2) is 0 Å². The predicted octanol–water partition coefficient (Wildman–Crippen LogP) is 2.57. The number of carboxylic acid groups (broad SMARTS) is 1. The number of fused-ring (bicyclic) bond motifs is 1. The van der Waals surface area contributed by atoms with E-state index in [2.05, 4.69) is 0 Å². The van der Waals surface area contributed by atoms with Gasteiger partial charge in [0.2, 0.25) is 0 Å². The van der Waals surface area contributed by atoms with Gasteiger partial charge in [0.1, 0.15) is 11.2 Å². The number of aliphatic carboxylic acids is 1. The van der Waals surface area contributed by atoms with Crippen LogP contribution >= 0.6 is 0 Å². The van der Waals surface area contributed by atoms with Gasteiger partial charge in [-0.1, -0.05) is 0 Å². The molecule has 2 aliphatic rings. The van der Waals surface area contributed by atoms with E-state index < -0.39 is 34.8 Å². The van der Waals surface area contributed by atoms with Gasteiger partial charge in [0.25, 0.3) is 0 Å². The summed E-state index contributed by atoms with van der Waals surface area (Å²) in [5.41, 5.74) is -2.31. The molecule has 0 bridgehead atoms. The molecule has 0 aromatic rings. The van der Waals surface area contributed by atoms with Gasteiger partial charge in [0, 0.05) is 32.1 Å². The third kappa shape index (κ3) is 4.40. The number of amides is 2. The van der Waals surface area contributed by atoms with Gasteiger partial charge in [-0.05, 0) is 48.0 Å². The minimum atomic E-state index is -1.05. The first-order chi connectivity index (χ1) is 11.7. The third-order valence-corrected chi connectivity index (χ3v) is 4.69. The van der Waals surface area contributed by atoms with Crippen LogP contribution in [0.1, 0.15) is 48.0 Å². The number of ether oxygens (including phenoxy) is 2. The van der Waals surface area contributed by atoms with E-state index >= 15 is 0 Å². The molecule has 2 amide bonds. The summed E-state index contributed by atoms with van der Waals surface area (Å²) in [6.45, 7) is 11.6. The number of nitrogens with zero attached hydrogens (tertiary/aromatic N) is 2. The van der Waals surface area contributed by atoms with Gasteiger partial charge in [-0.25, -0.2) is 9.59 Å². The molecule has 0 aromatic heterocycles. The van der Waals surface area contributed by atoms with Crippen LogP contribution in [0.3, 0.4) is 0 Å². The highest BCUT2D eigenvalue weighted by atomic mass is 16.6. The zero-order valence-corrected chi connectivity index (χ0v) is 16.5. The number of likely N-dealkylation sites (tertiary alicyclic amines) is 2. The minimum absolute atomic E-state index is 0.101. The average Bonchev–Trinajstić information content (AvgIpc) is 2.83. The van der Waals surface area contributed by atoms with Gasteiger partial charge in [-0.3, -0.25) is 4.79 Å². The Morgan fingerprint density at radius 3 is 1.85 bits per heavy atom. The molecule has 0 aromatic carbocycles. The van der Waals surface area contributed by atoms with Crippen LogP contribution in [-0.2, 0) is 14.3 Å². The topological polar surface area (TPSA) is 96.4 Å². The summed E-state index contributed by atoms with van der Waals surface area (Å²) in [5.74, 6) is -1.29. The fourth-order valence-electron chi connectivity index (χ4n) is 3.49. The van der Waals surface area contributed by atoms with E-state index in [1.165, 1.54) is 9.80 Å². The lowest BCUT2D eigenvalue weighted by molar-refractivity contribution is -0.153. The Kier molecular flexibility index (Phi) is 5.18. The molecule has 2 atom stereocenters. The fourth-order valence-corrected chi connectivity index (χ4v) is 3.49. The second kappa shape index (κ2) is 6.63. The van der Waals surface area contributed by atoms with Crippen molar-refractivity contribution >= 4 is 18.2 Å². The lowest BCUT2D eigenvalue weighted by Gasteiger charge is -2.40. The van der Waals surface area contributed by atoms with Crippen molar-refractivity contribution in [3.63, 3.8) is 0 Å². The highest BCUT2D eigenvalue weighted by Gasteiger charge is 2.57. The van der Waals surface area contributed by atoms with Gasteiger partial charge in [0.05, 0.1) is 5.41 Å². The summed E-state index contributed by atoms with van der Waals surface area (Å²) in [6, 6.07) is 0. The summed E-state index contributed by atoms with van der Waals surface area (Å²) in [5, 5.41) is 9.83. The minimum Gasteiger partial charge on any atom is -0.481 e. The molecule has 1 N–H and O–H groups in total. The fraction of sp³-hybridized carbons (Fsp3) is 0.833. The first-order valence-electron chi connectivity index (χ1n) is 8.93. The van der Waals surface area contributed by atoms with Crippen molar-refractivity contribution < 1.29 is 29.0 Å². The molecular formula is C18H30N2O6. The van der Waals surface area contributed by atoms with Crippen molar-refractivity contribution in [1.29, 1.82) is 0 Å². The van der Waals surface area contributed by atoms with E-state index in [0.29, 0.717) is 6.54 Å². The Morgan fingerprint density at radius 1 is 0.923 bits per heavy atom.